The van der Waals surface area contributed by atoms with Gasteiger partial charge in [0.1, 0.15) is 13.2 Å². The second-order valence-corrected chi connectivity index (χ2v) is 8.67. The number of rotatable bonds is 5. The number of amides is 2. The molecule has 9 heteroatoms. The van der Waals surface area contributed by atoms with Crippen LogP contribution in [-0.2, 0) is 0 Å². The van der Waals surface area contributed by atoms with Crippen LogP contribution in [0, 0.1) is 0 Å². The fourth-order valence-corrected chi connectivity index (χ4v) is 4.47. The summed E-state index contributed by atoms with van der Waals surface area (Å²) in [5.41, 5.74) is 2.72. The molecule has 0 aliphatic carbocycles. The first-order valence-corrected chi connectivity index (χ1v) is 11.5. The molecule has 2 aromatic carbocycles. The van der Waals surface area contributed by atoms with Gasteiger partial charge in [0.15, 0.2) is 16.6 Å². The Hall–Kier alpha value is -3.69. The quantitative estimate of drug-likeness (QED) is 0.427. The minimum atomic E-state index is -0.274. The highest BCUT2D eigenvalue weighted by Crippen LogP contribution is 2.35. The summed E-state index contributed by atoms with van der Waals surface area (Å²) in [7, 11) is 0. The van der Waals surface area contributed by atoms with Crippen LogP contribution in [0.15, 0.2) is 65.4 Å². The van der Waals surface area contributed by atoms with Crippen molar-refractivity contribution in [2.24, 2.45) is 0 Å². The maximum absolute atomic E-state index is 12.6. The maximum atomic E-state index is 12.6. The van der Waals surface area contributed by atoms with Crippen molar-refractivity contribution in [3.63, 3.8) is 0 Å². The summed E-state index contributed by atoms with van der Waals surface area (Å²) >= 11 is 2.72. The molecule has 0 saturated carbocycles. The molecule has 1 aliphatic heterocycles. The van der Waals surface area contributed by atoms with Gasteiger partial charge in [-0.25, -0.2) is 4.98 Å². The SMILES string of the molecule is O=C(Nc1nc(-c2ccc3c(c2)OCCO3)cs1)c1ccc(NC(=O)c2cccs2)cc1. The van der Waals surface area contributed by atoms with Crippen molar-refractivity contribution in [3.8, 4) is 22.8 Å². The second-order valence-electron chi connectivity index (χ2n) is 6.86. The molecule has 0 unspecified atom stereocenters. The molecule has 7 nitrogen and oxygen atoms in total. The van der Waals surface area contributed by atoms with E-state index in [4.69, 9.17) is 9.47 Å². The van der Waals surface area contributed by atoms with Crippen molar-refractivity contribution in [2.45, 2.75) is 0 Å². The summed E-state index contributed by atoms with van der Waals surface area (Å²) in [6.45, 7) is 1.06. The van der Waals surface area contributed by atoms with E-state index >= 15 is 0 Å². The molecule has 0 radical (unpaired) electrons. The van der Waals surface area contributed by atoms with Crippen LogP contribution in [0.4, 0.5) is 10.8 Å². The molecular weight excluding hydrogens is 446 g/mol. The van der Waals surface area contributed by atoms with Crippen molar-refractivity contribution in [1.82, 2.24) is 4.98 Å². The van der Waals surface area contributed by atoms with E-state index in [1.54, 1.807) is 30.3 Å². The fraction of sp³-hybridized carbons (Fsp3) is 0.0870. The number of carbonyl (C=O) groups excluding carboxylic acids is 2. The lowest BCUT2D eigenvalue weighted by Gasteiger charge is -2.18. The summed E-state index contributed by atoms with van der Waals surface area (Å²) in [6.07, 6.45) is 0. The highest BCUT2D eigenvalue weighted by atomic mass is 32.1. The molecule has 1 aliphatic rings. The number of thiazole rings is 1. The predicted molar refractivity (Wildman–Crippen MR) is 125 cm³/mol. The van der Waals surface area contributed by atoms with Gasteiger partial charge in [-0.1, -0.05) is 6.07 Å². The van der Waals surface area contributed by atoms with Crippen LogP contribution in [0.3, 0.4) is 0 Å². The highest BCUT2D eigenvalue weighted by molar-refractivity contribution is 7.14. The van der Waals surface area contributed by atoms with Crippen molar-refractivity contribution >= 4 is 45.3 Å². The van der Waals surface area contributed by atoms with Gasteiger partial charge in [-0.2, -0.15) is 0 Å². The van der Waals surface area contributed by atoms with E-state index in [1.807, 2.05) is 35.0 Å². The van der Waals surface area contributed by atoms with Crippen LogP contribution in [0.2, 0.25) is 0 Å². The molecule has 0 fully saturated rings. The standard InChI is InChI=1S/C23H17N3O4S2/c27-21(14-3-6-16(7-4-14)24-22(28)20-2-1-11-31-20)26-23-25-17(13-32-23)15-5-8-18-19(12-15)30-10-9-29-18/h1-8,11-13H,9-10H2,(H,24,28)(H,25,26,27). The first-order chi connectivity index (χ1) is 15.7. The third kappa shape index (κ3) is 4.34. The van der Waals surface area contributed by atoms with Gasteiger partial charge in [0, 0.05) is 22.2 Å². The van der Waals surface area contributed by atoms with Gasteiger partial charge < -0.3 is 14.8 Å². The Kier molecular flexibility index (Phi) is 5.57. The largest absolute Gasteiger partial charge is 0.486 e. The smallest absolute Gasteiger partial charge is 0.265 e. The molecule has 2 aromatic heterocycles. The number of nitrogens with one attached hydrogen (secondary N) is 2. The third-order valence-electron chi connectivity index (χ3n) is 4.71. The van der Waals surface area contributed by atoms with Gasteiger partial charge >= 0.3 is 0 Å². The third-order valence-corrected chi connectivity index (χ3v) is 6.34. The normalized spacial score (nSPS) is 12.2. The molecule has 0 spiro atoms. The minimum absolute atomic E-state index is 0.174. The van der Waals surface area contributed by atoms with Crippen molar-refractivity contribution < 1.29 is 19.1 Å². The van der Waals surface area contributed by atoms with Crippen molar-refractivity contribution in [3.05, 3.63) is 75.8 Å². The van der Waals surface area contributed by atoms with Gasteiger partial charge in [0.05, 0.1) is 10.6 Å². The Morgan fingerprint density at radius 1 is 0.875 bits per heavy atom. The highest BCUT2D eigenvalue weighted by Gasteiger charge is 2.15. The Morgan fingerprint density at radius 3 is 2.47 bits per heavy atom. The van der Waals surface area contributed by atoms with Crippen LogP contribution < -0.4 is 20.1 Å². The number of benzene rings is 2. The molecular formula is C23H17N3O4S2. The summed E-state index contributed by atoms with van der Waals surface area (Å²) in [5, 5.41) is 9.86. The topological polar surface area (TPSA) is 89.6 Å². The van der Waals surface area contributed by atoms with Gasteiger partial charge in [-0.15, -0.1) is 22.7 Å². The number of carbonyl (C=O) groups is 2. The predicted octanol–water partition coefficient (Wildman–Crippen LogP) is 5.15. The molecule has 3 heterocycles. The molecule has 4 aromatic rings. The first kappa shape index (κ1) is 20.2. The van der Waals surface area contributed by atoms with E-state index in [0.29, 0.717) is 40.2 Å². The lowest BCUT2D eigenvalue weighted by molar-refractivity contribution is 0.102. The van der Waals surface area contributed by atoms with Crippen LogP contribution in [-0.4, -0.2) is 30.0 Å². The average Bonchev–Trinajstić information content (AvgIpc) is 3.52. The number of fused-ring (bicyclic) bond motifs is 1. The lowest BCUT2D eigenvalue weighted by Crippen LogP contribution is -2.15. The lowest BCUT2D eigenvalue weighted by atomic mass is 10.1. The number of nitrogens with zero attached hydrogens (tertiary/aromatic N) is 1. The second kappa shape index (κ2) is 8.81. The van der Waals surface area contributed by atoms with E-state index in [-0.39, 0.29) is 11.8 Å². The van der Waals surface area contributed by atoms with E-state index in [1.165, 1.54) is 22.7 Å². The van der Waals surface area contributed by atoms with Gasteiger partial charge in [0.2, 0.25) is 0 Å². The fourth-order valence-electron chi connectivity index (χ4n) is 3.14. The zero-order valence-corrected chi connectivity index (χ0v) is 18.3. The maximum Gasteiger partial charge on any atom is 0.265 e. The van der Waals surface area contributed by atoms with Crippen molar-refractivity contribution in [2.75, 3.05) is 23.8 Å². The zero-order valence-electron chi connectivity index (χ0n) is 16.7. The number of hydrogen-bond acceptors (Lipinski definition) is 7. The Labute approximate surface area is 191 Å². The molecule has 160 valence electrons. The molecule has 2 amide bonds. The molecule has 0 atom stereocenters. The zero-order chi connectivity index (χ0) is 21.9. The van der Waals surface area contributed by atoms with Crippen LogP contribution in [0.5, 0.6) is 11.5 Å². The van der Waals surface area contributed by atoms with Crippen molar-refractivity contribution in [1.29, 1.82) is 0 Å². The van der Waals surface area contributed by atoms with Gasteiger partial charge in [-0.3, -0.25) is 14.9 Å². The summed E-state index contributed by atoms with van der Waals surface area (Å²) < 4.78 is 11.2. The molecule has 2 N–H and O–H groups in total. The Bertz CT molecular complexity index is 1270. The number of aromatic nitrogens is 1. The average molecular weight is 464 g/mol. The number of anilines is 2. The van der Waals surface area contributed by atoms with E-state index in [0.717, 1.165) is 17.0 Å². The molecule has 0 bridgehead atoms. The Morgan fingerprint density at radius 2 is 1.69 bits per heavy atom. The number of ether oxygens (including phenoxy) is 2. The van der Waals surface area contributed by atoms with Crippen LogP contribution >= 0.6 is 22.7 Å². The van der Waals surface area contributed by atoms with Gasteiger partial charge in [-0.05, 0) is 53.9 Å². The van der Waals surface area contributed by atoms with Crippen LogP contribution in [0.25, 0.3) is 11.3 Å². The summed E-state index contributed by atoms with van der Waals surface area (Å²) in [6, 6.07) is 16.0. The Balaban J connectivity index is 1.24. The molecule has 0 saturated heterocycles. The number of thiophene rings is 1. The molecule has 32 heavy (non-hydrogen) atoms. The van der Waals surface area contributed by atoms with E-state index < -0.39 is 0 Å². The van der Waals surface area contributed by atoms with Crippen LogP contribution in [0.1, 0.15) is 20.0 Å². The van der Waals surface area contributed by atoms with Gasteiger partial charge in [0.25, 0.3) is 11.8 Å². The first-order valence-electron chi connectivity index (χ1n) is 9.77. The number of hydrogen-bond donors (Lipinski definition) is 2. The monoisotopic (exact) mass is 463 g/mol. The summed E-state index contributed by atoms with van der Waals surface area (Å²) in [4.78, 5) is 29.9. The van der Waals surface area contributed by atoms with E-state index in [9.17, 15) is 9.59 Å². The molecule has 5 rings (SSSR count). The summed E-state index contributed by atoms with van der Waals surface area (Å²) in [5.74, 6) is 0.966. The minimum Gasteiger partial charge on any atom is -0.486 e. The van der Waals surface area contributed by atoms with E-state index in [2.05, 4.69) is 15.6 Å².